The van der Waals surface area contributed by atoms with Gasteiger partial charge in [0.05, 0.1) is 15.9 Å². The average molecular weight is 389 g/mol. The zero-order chi connectivity index (χ0) is 18.1. The number of hydrogen-bond donors (Lipinski definition) is 1. The van der Waals surface area contributed by atoms with E-state index in [1.165, 1.54) is 12.1 Å². The fourth-order valence-corrected chi connectivity index (χ4v) is 4.14. The first-order valence-electron chi connectivity index (χ1n) is 8.33. The van der Waals surface area contributed by atoms with Crippen LogP contribution in [0.25, 0.3) is 11.0 Å². The summed E-state index contributed by atoms with van der Waals surface area (Å²) in [5.41, 5.74) is 1.38. The molecule has 134 valence electrons. The van der Waals surface area contributed by atoms with Crippen molar-refractivity contribution in [1.29, 1.82) is 0 Å². The van der Waals surface area contributed by atoms with Gasteiger partial charge in [-0.1, -0.05) is 23.7 Å². The van der Waals surface area contributed by atoms with Crippen molar-refractivity contribution in [2.45, 2.75) is 17.7 Å². The van der Waals surface area contributed by atoms with Gasteiger partial charge in [-0.05, 0) is 49.2 Å². The van der Waals surface area contributed by atoms with E-state index in [-0.39, 0.29) is 10.7 Å². The molecule has 0 radical (unpaired) electrons. The van der Waals surface area contributed by atoms with Crippen LogP contribution in [0.2, 0.25) is 5.02 Å². The lowest BCUT2D eigenvalue weighted by Crippen LogP contribution is -2.23. The molecule has 0 aliphatic carbocycles. The quantitative estimate of drug-likeness (QED) is 0.737. The molecule has 4 rings (SSSR count). The van der Waals surface area contributed by atoms with Crippen LogP contribution in [0.4, 0.5) is 11.6 Å². The number of fused-ring (bicyclic) bond motifs is 1. The van der Waals surface area contributed by atoms with E-state index < -0.39 is 10.0 Å². The molecule has 2 aromatic carbocycles. The Labute approximate surface area is 156 Å². The fourth-order valence-electron chi connectivity index (χ4n) is 3.01. The van der Waals surface area contributed by atoms with Crippen LogP contribution in [0, 0.1) is 0 Å². The number of nitrogens with zero attached hydrogens (tertiary/aromatic N) is 3. The molecule has 1 aromatic heterocycles. The van der Waals surface area contributed by atoms with Crippen LogP contribution in [-0.2, 0) is 10.0 Å². The van der Waals surface area contributed by atoms with Crippen molar-refractivity contribution in [3.63, 3.8) is 0 Å². The van der Waals surface area contributed by atoms with Gasteiger partial charge in [0, 0.05) is 18.1 Å². The average Bonchev–Trinajstić information content (AvgIpc) is 3.15. The second-order valence-electron chi connectivity index (χ2n) is 6.14. The fraction of sp³-hybridized carbons (Fsp3) is 0.222. The van der Waals surface area contributed by atoms with Gasteiger partial charge in [0.25, 0.3) is 10.0 Å². The van der Waals surface area contributed by atoms with Crippen LogP contribution in [-0.4, -0.2) is 31.5 Å². The molecule has 1 aliphatic heterocycles. The number of anilines is 2. The van der Waals surface area contributed by atoms with E-state index in [1.54, 1.807) is 12.1 Å². The summed E-state index contributed by atoms with van der Waals surface area (Å²) in [5.74, 6) is 0.819. The SMILES string of the molecule is O=S(=O)(Nc1nc2ccccc2nc1N1CCCC1)c1ccc(Cl)cc1. The Morgan fingerprint density at radius 2 is 1.54 bits per heavy atom. The number of aromatic nitrogens is 2. The number of sulfonamides is 1. The van der Waals surface area contributed by atoms with E-state index in [0.717, 1.165) is 31.4 Å². The third kappa shape index (κ3) is 3.32. The molecule has 3 aromatic rings. The van der Waals surface area contributed by atoms with Gasteiger partial charge >= 0.3 is 0 Å². The lowest BCUT2D eigenvalue weighted by atomic mass is 10.3. The summed E-state index contributed by atoms with van der Waals surface area (Å²) in [6.07, 6.45) is 2.11. The molecule has 0 spiro atoms. The van der Waals surface area contributed by atoms with Crippen LogP contribution in [0.1, 0.15) is 12.8 Å². The van der Waals surface area contributed by atoms with E-state index >= 15 is 0 Å². The zero-order valence-electron chi connectivity index (χ0n) is 13.9. The number of benzene rings is 2. The van der Waals surface area contributed by atoms with Crippen molar-refractivity contribution in [1.82, 2.24) is 9.97 Å². The van der Waals surface area contributed by atoms with Crippen molar-refractivity contribution in [3.8, 4) is 0 Å². The molecule has 0 bridgehead atoms. The van der Waals surface area contributed by atoms with Crippen LogP contribution in [0.5, 0.6) is 0 Å². The van der Waals surface area contributed by atoms with Crippen LogP contribution < -0.4 is 9.62 Å². The van der Waals surface area contributed by atoms with Crippen LogP contribution in [0.3, 0.4) is 0 Å². The molecule has 0 amide bonds. The highest BCUT2D eigenvalue weighted by Gasteiger charge is 2.23. The first-order valence-corrected chi connectivity index (χ1v) is 10.2. The molecule has 6 nitrogen and oxygen atoms in total. The first kappa shape index (κ1) is 17.1. The summed E-state index contributed by atoms with van der Waals surface area (Å²) in [6.45, 7) is 1.67. The monoisotopic (exact) mass is 388 g/mol. The van der Waals surface area contributed by atoms with Crippen molar-refractivity contribution in [2.75, 3.05) is 22.7 Å². The Morgan fingerprint density at radius 3 is 2.19 bits per heavy atom. The molecule has 1 fully saturated rings. The van der Waals surface area contributed by atoms with Gasteiger partial charge in [-0.2, -0.15) is 0 Å². The van der Waals surface area contributed by atoms with Gasteiger partial charge in [0.15, 0.2) is 11.6 Å². The number of rotatable bonds is 4. The highest BCUT2D eigenvalue weighted by Crippen LogP contribution is 2.29. The Bertz CT molecular complexity index is 1050. The summed E-state index contributed by atoms with van der Waals surface area (Å²) in [4.78, 5) is 11.4. The smallest absolute Gasteiger partial charge is 0.263 e. The van der Waals surface area contributed by atoms with Gasteiger partial charge < -0.3 is 4.90 Å². The van der Waals surface area contributed by atoms with Crippen molar-refractivity contribution in [2.24, 2.45) is 0 Å². The number of hydrogen-bond acceptors (Lipinski definition) is 5. The van der Waals surface area contributed by atoms with E-state index in [1.807, 2.05) is 24.3 Å². The summed E-state index contributed by atoms with van der Waals surface area (Å²) in [7, 11) is -3.79. The predicted octanol–water partition coefficient (Wildman–Crippen LogP) is 3.68. The lowest BCUT2D eigenvalue weighted by Gasteiger charge is -2.20. The van der Waals surface area contributed by atoms with E-state index in [9.17, 15) is 8.42 Å². The van der Waals surface area contributed by atoms with Crippen molar-refractivity contribution < 1.29 is 8.42 Å². The van der Waals surface area contributed by atoms with Crippen molar-refractivity contribution in [3.05, 3.63) is 53.6 Å². The third-order valence-corrected chi connectivity index (χ3v) is 5.92. The Balaban J connectivity index is 1.79. The van der Waals surface area contributed by atoms with Crippen LogP contribution >= 0.6 is 11.6 Å². The van der Waals surface area contributed by atoms with E-state index in [0.29, 0.717) is 16.4 Å². The molecule has 1 saturated heterocycles. The van der Waals surface area contributed by atoms with Crippen LogP contribution in [0.15, 0.2) is 53.4 Å². The summed E-state index contributed by atoms with van der Waals surface area (Å²) in [6, 6.07) is 13.5. The molecular weight excluding hydrogens is 372 g/mol. The Morgan fingerprint density at radius 1 is 0.923 bits per heavy atom. The highest BCUT2D eigenvalue weighted by atomic mass is 35.5. The van der Waals surface area contributed by atoms with Crippen molar-refractivity contribution >= 4 is 44.3 Å². The molecule has 0 saturated carbocycles. The standard InChI is InChI=1S/C18H17ClN4O2S/c19-13-7-9-14(10-8-13)26(24,25)22-17-18(23-11-3-4-12-23)21-16-6-2-1-5-15(16)20-17/h1-2,5-10H,3-4,11-12H2,(H,20,22). The lowest BCUT2D eigenvalue weighted by molar-refractivity contribution is 0.601. The highest BCUT2D eigenvalue weighted by molar-refractivity contribution is 7.92. The zero-order valence-corrected chi connectivity index (χ0v) is 15.5. The van der Waals surface area contributed by atoms with Gasteiger partial charge in [-0.3, -0.25) is 4.72 Å². The molecule has 26 heavy (non-hydrogen) atoms. The molecule has 1 aliphatic rings. The number of nitrogens with one attached hydrogen (secondary N) is 1. The first-order chi connectivity index (χ1) is 12.5. The second-order valence-corrected chi connectivity index (χ2v) is 8.26. The maximum absolute atomic E-state index is 12.8. The maximum Gasteiger partial charge on any atom is 0.263 e. The minimum Gasteiger partial charge on any atom is -0.354 e. The Kier molecular flexibility index (Phi) is 4.42. The molecule has 0 atom stereocenters. The molecular formula is C18H17ClN4O2S. The molecule has 1 N–H and O–H groups in total. The van der Waals surface area contributed by atoms with Gasteiger partial charge in [0.2, 0.25) is 0 Å². The Hall–Kier alpha value is -2.38. The van der Waals surface area contributed by atoms with E-state index in [2.05, 4.69) is 19.6 Å². The van der Waals surface area contributed by atoms with Gasteiger partial charge in [-0.15, -0.1) is 0 Å². The normalized spacial score (nSPS) is 14.7. The topological polar surface area (TPSA) is 75.2 Å². The summed E-state index contributed by atoms with van der Waals surface area (Å²) in [5, 5.41) is 0.479. The molecule has 8 heteroatoms. The third-order valence-electron chi connectivity index (χ3n) is 4.31. The largest absolute Gasteiger partial charge is 0.354 e. The van der Waals surface area contributed by atoms with Gasteiger partial charge in [0.1, 0.15) is 0 Å². The van der Waals surface area contributed by atoms with Gasteiger partial charge in [-0.25, -0.2) is 18.4 Å². The summed E-state index contributed by atoms with van der Waals surface area (Å²) < 4.78 is 28.2. The maximum atomic E-state index is 12.8. The number of halogens is 1. The molecule has 2 heterocycles. The summed E-state index contributed by atoms with van der Waals surface area (Å²) >= 11 is 5.85. The predicted molar refractivity (Wildman–Crippen MR) is 103 cm³/mol. The minimum absolute atomic E-state index is 0.129. The molecule has 0 unspecified atom stereocenters. The second kappa shape index (κ2) is 6.74. The van der Waals surface area contributed by atoms with E-state index in [4.69, 9.17) is 11.6 Å². The number of para-hydroxylation sites is 2. The minimum atomic E-state index is -3.79.